The molecule has 0 bridgehead atoms. The van der Waals surface area contributed by atoms with Gasteiger partial charge in [-0.1, -0.05) is 24.3 Å². The molecule has 0 aliphatic carbocycles. The quantitative estimate of drug-likeness (QED) is 0.309. The standard InChI is InChI=1S/C20H21B3FNO7S/c1-2-30-18(27)11-3-5-12(6-4-11)19(21)16(26)15(17(25)31-19)32-33(28,29)20(22,23)13-7-9-14(24)10-8-13/h3-10H,2,21-23,25H2,1H3/t19-/m1/s1. The van der Waals surface area contributed by atoms with Gasteiger partial charge in [-0.2, -0.15) is 8.42 Å². The lowest BCUT2D eigenvalue weighted by molar-refractivity contribution is -0.126. The second-order valence-electron chi connectivity index (χ2n) is 8.01. The molecule has 2 aromatic carbocycles. The van der Waals surface area contributed by atoms with Crippen molar-refractivity contribution in [3.05, 3.63) is 82.7 Å². The number of carbonyl (C=O) groups is 2. The summed E-state index contributed by atoms with van der Waals surface area (Å²) in [4.78, 5) is 25.0. The summed E-state index contributed by atoms with van der Waals surface area (Å²) in [5.41, 5.74) is 5.03. The summed E-state index contributed by atoms with van der Waals surface area (Å²) < 4.78 is 53.4. The summed E-state index contributed by atoms with van der Waals surface area (Å²) in [6.45, 7) is 1.89. The summed E-state index contributed by atoms with van der Waals surface area (Å²) >= 11 is 0. The molecule has 1 aliphatic rings. The zero-order valence-electron chi connectivity index (χ0n) is 18.5. The first-order valence-corrected chi connectivity index (χ1v) is 11.5. The molecule has 1 heterocycles. The Labute approximate surface area is 193 Å². The first-order chi connectivity index (χ1) is 15.3. The Bertz CT molecular complexity index is 1230. The number of esters is 1. The second-order valence-corrected chi connectivity index (χ2v) is 10.1. The molecule has 33 heavy (non-hydrogen) atoms. The first kappa shape index (κ1) is 24.4. The number of benzene rings is 2. The second kappa shape index (κ2) is 8.62. The third-order valence-corrected chi connectivity index (χ3v) is 7.35. The smallest absolute Gasteiger partial charge is 0.338 e. The Kier molecular flexibility index (Phi) is 6.38. The maximum Gasteiger partial charge on any atom is 0.338 e. The van der Waals surface area contributed by atoms with E-state index in [2.05, 4.69) is 0 Å². The molecule has 0 amide bonds. The number of carbonyl (C=O) groups excluding carboxylic acids is 2. The van der Waals surface area contributed by atoms with Crippen LogP contribution in [0.3, 0.4) is 0 Å². The average Bonchev–Trinajstić information content (AvgIpc) is 2.98. The molecule has 0 unspecified atom stereocenters. The maximum atomic E-state index is 13.3. The molecular weight excluding hydrogens is 450 g/mol. The first-order valence-electron chi connectivity index (χ1n) is 10.0. The highest BCUT2D eigenvalue weighted by Gasteiger charge is 2.50. The van der Waals surface area contributed by atoms with E-state index in [4.69, 9.17) is 19.4 Å². The Morgan fingerprint density at radius 3 is 2.27 bits per heavy atom. The predicted octanol–water partition coefficient (Wildman–Crippen LogP) is -1.06. The minimum Gasteiger partial charge on any atom is -0.467 e. The summed E-state index contributed by atoms with van der Waals surface area (Å²) in [5, 5.41) is 0. The highest BCUT2D eigenvalue weighted by molar-refractivity contribution is 7.90. The van der Waals surface area contributed by atoms with Crippen molar-refractivity contribution in [2.24, 2.45) is 5.73 Å². The van der Waals surface area contributed by atoms with E-state index >= 15 is 0 Å². The van der Waals surface area contributed by atoms with Crippen molar-refractivity contribution in [2.75, 3.05) is 6.61 Å². The summed E-state index contributed by atoms with van der Waals surface area (Å²) in [7, 11) is -0.320. The number of hydrogen-bond acceptors (Lipinski definition) is 8. The van der Waals surface area contributed by atoms with Crippen molar-refractivity contribution < 1.29 is 36.1 Å². The van der Waals surface area contributed by atoms with Crippen LogP contribution in [0.4, 0.5) is 4.39 Å². The van der Waals surface area contributed by atoms with Crippen molar-refractivity contribution in [2.45, 2.75) is 17.0 Å². The van der Waals surface area contributed by atoms with E-state index < -0.39 is 49.4 Å². The van der Waals surface area contributed by atoms with Gasteiger partial charge in [0.2, 0.25) is 17.4 Å². The van der Waals surface area contributed by atoms with Crippen molar-refractivity contribution in [3.8, 4) is 0 Å². The van der Waals surface area contributed by atoms with E-state index in [9.17, 15) is 22.4 Å². The van der Waals surface area contributed by atoms with Crippen LogP contribution >= 0.6 is 0 Å². The Morgan fingerprint density at radius 1 is 1.15 bits per heavy atom. The zero-order valence-corrected chi connectivity index (χ0v) is 19.4. The highest BCUT2D eigenvalue weighted by Crippen LogP contribution is 2.38. The average molecular weight is 471 g/mol. The fraction of sp³-hybridized carbons (Fsp3) is 0.200. The molecule has 0 aromatic heterocycles. The molecule has 170 valence electrons. The SMILES string of the molecule is BC(B)(c1ccc(F)cc1)S(=O)(=O)OC1=C(N)O[C@](B)(c2ccc(C(=O)OCC)cc2)C1=O. The van der Waals surface area contributed by atoms with Gasteiger partial charge in [0.1, 0.15) is 21.5 Å². The molecule has 0 fully saturated rings. The van der Waals surface area contributed by atoms with Crippen LogP contribution in [0.25, 0.3) is 0 Å². The van der Waals surface area contributed by atoms with E-state index in [1.807, 2.05) is 0 Å². The number of nitrogens with two attached hydrogens (primary N) is 1. The molecule has 1 aliphatic heterocycles. The Morgan fingerprint density at radius 2 is 1.73 bits per heavy atom. The van der Waals surface area contributed by atoms with Crippen molar-refractivity contribution >= 4 is 45.4 Å². The highest BCUT2D eigenvalue weighted by atomic mass is 32.2. The molecule has 3 rings (SSSR count). The molecular formula is C20H21B3FNO7S. The van der Waals surface area contributed by atoms with Crippen LogP contribution in [0.1, 0.15) is 28.4 Å². The van der Waals surface area contributed by atoms with Gasteiger partial charge in [-0.15, -0.1) is 0 Å². The zero-order chi connectivity index (χ0) is 24.6. The van der Waals surface area contributed by atoms with E-state index in [0.717, 1.165) is 12.1 Å². The minimum atomic E-state index is -4.45. The van der Waals surface area contributed by atoms with Crippen LogP contribution in [0.15, 0.2) is 60.2 Å². The van der Waals surface area contributed by atoms with Crippen LogP contribution in [-0.4, -0.2) is 50.3 Å². The number of ketones is 1. The van der Waals surface area contributed by atoms with Crippen LogP contribution in [0.2, 0.25) is 0 Å². The molecule has 1 atom stereocenters. The lowest BCUT2D eigenvalue weighted by Crippen LogP contribution is -2.40. The topological polar surface area (TPSA) is 122 Å². The maximum absolute atomic E-state index is 13.3. The van der Waals surface area contributed by atoms with Gasteiger partial charge in [0.05, 0.1) is 16.7 Å². The van der Waals surface area contributed by atoms with E-state index in [0.29, 0.717) is 5.56 Å². The van der Waals surface area contributed by atoms with E-state index in [1.165, 1.54) is 59.9 Å². The van der Waals surface area contributed by atoms with Gasteiger partial charge in [-0.3, -0.25) is 4.79 Å². The van der Waals surface area contributed by atoms with Gasteiger partial charge in [0.15, 0.2) is 13.3 Å². The van der Waals surface area contributed by atoms with E-state index in [-0.39, 0.29) is 17.7 Å². The largest absolute Gasteiger partial charge is 0.467 e. The number of rotatable bonds is 7. The molecule has 2 N–H and O–H groups in total. The van der Waals surface area contributed by atoms with Crippen molar-refractivity contribution in [1.82, 2.24) is 0 Å². The van der Waals surface area contributed by atoms with Gasteiger partial charge in [-0.05, 0) is 42.3 Å². The van der Waals surface area contributed by atoms with Gasteiger partial charge in [0.25, 0.3) is 0 Å². The number of halogens is 1. The van der Waals surface area contributed by atoms with Crippen molar-refractivity contribution in [3.63, 3.8) is 0 Å². The van der Waals surface area contributed by atoms with Gasteiger partial charge < -0.3 is 19.4 Å². The molecule has 0 saturated heterocycles. The lowest BCUT2D eigenvalue weighted by Gasteiger charge is -2.26. The number of ether oxygens (including phenoxy) is 2. The third kappa shape index (κ3) is 4.37. The predicted molar refractivity (Wildman–Crippen MR) is 125 cm³/mol. The van der Waals surface area contributed by atoms with Crippen LogP contribution < -0.4 is 5.73 Å². The van der Waals surface area contributed by atoms with Crippen LogP contribution in [-0.2, 0) is 38.6 Å². The summed E-state index contributed by atoms with van der Waals surface area (Å²) in [6.07, 6.45) is 0. The fourth-order valence-corrected chi connectivity index (χ4v) is 4.27. The summed E-state index contributed by atoms with van der Waals surface area (Å²) in [6, 6.07) is 10.8. The molecule has 0 radical (unpaired) electrons. The van der Waals surface area contributed by atoms with Gasteiger partial charge in [-0.25, -0.2) is 9.18 Å². The van der Waals surface area contributed by atoms with Crippen molar-refractivity contribution in [1.29, 1.82) is 0 Å². The number of Topliss-reactive ketones (excluding diaryl/α,β-unsaturated/α-hetero) is 1. The third-order valence-electron chi connectivity index (χ3n) is 5.48. The van der Waals surface area contributed by atoms with Crippen LogP contribution in [0, 0.1) is 5.82 Å². The molecule has 13 heteroatoms. The minimum absolute atomic E-state index is 0.212. The Hall–Kier alpha value is -3.21. The number of hydrogen-bond donors (Lipinski definition) is 1. The molecule has 0 saturated carbocycles. The monoisotopic (exact) mass is 471 g/mol. The van der Waals surface area contributed by atoms with Gasteiger partial charge >= 0.3 is 16.1 Å². The molecule has 2 aromatic rings. The van der Waals surface area contributed by atoms with E-state index in [1.54, 1.807) is 6.92 Å². The van der Waals surface area contributed by atoms with Crippen LogP contribution in [0.5, 0.6) is 0 Å². The fourth-order valence-electron chi connectivity index (χ4n) is 3.26. The Balaban J connectivity index is 1.87. The normalized spacial score (nSPS) is 18.7. The van der Waals surface area contributed by atoms with Gasteiger partial charge in [0, 0.05) is 0 Å². The summed E-state index contributed by atoms with van der Waals surface area (Å²) in [5.74, 6) is -2.99. The molecule has 8 nitrogen and oxygen atoms in total. The molecule has 0 spiro atoms. The lowest BCUT2D eigenvalue weighted by atomic mass is 9.65.